The zero-order valence-electron chi connectivity index (χ0n) is 14.8. The van der Waals surface area contributed by atoms with Crippen molar-refractivity contribution in [1.29, 1.82) is 0 Å². The molecule has 2 aromatic rings. The summed E-state index contributed by atoms with van der Waals surface area (Å²) in [5.41, 5.74) is 4.40. The summed E-state index contributed by atoms with van der Waals surface area (Å²) in [5.74, 6) is 0. The SMILES string of the molecule is CCc1cccc(NC(=O)NCc2cccc(CN(C)CC)c2)c1. The number of nitrogens with zero attached hydrogens (tertiary/aromatic N) is 1. The maximum absolute atomic E-state index is 12.1. The molecule has 0 radical (unpaired) electrons. The second-order valence-electron chi connectivity index (χ2n) is 6.01. The number of urea groups is 1. The normalized spacial score (nSPS) is 10.7. The number of anilines is 1. The molecule has 4 nitrogen and oxygen atoms in total. The molecule has 0 spiro atoms. The van der Waals surface area contributed by atoms with Crippen LogP contribution in [0.3, 0.4) is 0 Å². The Morgan fingerprint density at radius 2 is 1.71 bits per heavy atom. The van der Waals surface area contributed by atoms with E-state index in [0.717, 1.165) is 30.8 Å². The highest BCUT2D eigenvalue weighted by Gasteiger charge is 2.04. The molecule has 0 heterocycles. The van der Waals surface area contributed by atoms with E-state index in [1.165, 1.54) is 11.1 Å². The van der Waals surface area contributed by atoms with Gasteiger partial charge in [0.2, 0.25) is 0 Å². The second-order valence-corrected chi connectivity index (χ2v) is 6.01. The van der Waals surface area contributed by atoms with E-state index in [2.05, 4.69) is 54.6 Å². The third-order valence-electron chi connectivity index (χ3n) is 4.03. The minimum atomic E-state index is -0.181. The smallest absolute Gasteiger partial charge is 0.319 e. The lowest BCUT2D eigenvalue weighted by Crippen LogP contribution is -2.28. The summed E-state index contributed by atoms with van der Waals surface area (Å²) in [6, 6.07) is 16.1. The molecule has 4 heteroatoms. The molecule has 0 saturated carbocycles. The van der Waals surface area contributed by atoms with Crippen LogP contribution in [0.5, 0.6) is 0 Å². The number of carbonyl (C=O) groups is 1. The first-order valence-corrected chi connectivity index (χ1v) is 8.50. The van der Waals surface area contributed by atoms with E-state index < -0.39 is 0 Å². The molecule has 2 amide bonds. The molecule has 0 aliphatic rings. The van der Waals surface area contributed by atoms with Crippen molar-refractivity contribution in [3.05, 3.63) is 65.2 Å². The highest BCUT2D eigenvalue weighted by atomic mass is 16.2. The Balaban J connectivity index is 1.88. The Labute approximate surface area is 144 Å². The van der Waals surface area contributed by atoms with Gasteiger partial charge in [-0.05, 0) is 48.8 Å². The van der Waals surface area contributed by atoms with Crippen LogP contribution in [-0.2, 0) is 19.5 Å². The minimum Gasteiger partial charge on any atom is -0.334 e. The molecular formula is C20H27N3O. The number of aryl methyl sites for hydroxylation is 1. The van der Waals surface area contributed by atoms with E-state index in [0.29, 0.717) is 6.54 Å². The monoisotopic (exact) mass is 325 g/mol. The molecule has 0 atom stereocenters. The number of rotatable bonds is 7. The number of benzene rings is 2. The standard InChI is InChI=1S/C20H27N3O/c1-4-16-8-7-11-19(13-16)22-20(24)21-14-17-9-6-10-18(12-17)15-23(3)5-2/h6-13H,4-5,14-15H2,1-3H3,(H2,21,22,24). The highest BCUT2D eigenvalue weighted by Crippen LogP contribution is 2.11. The van der Waals surface area contributed by atoms with Crippen molar-refractivity contribution in [2.75, 3.05) is 18.9 Å². The maximum atomic E-state index is 12.1. The first kappa shape index (κ1) is 18.0. The van der Waals surface area contributed by atoms with E-state index in [-0.39, 0.29) is 6.03 Å². The van der Waals surface area contributed by atoms with Gasteiger partial charge in [0.1, 0.15) is 0 Å². The van der Waals surface area contributed by atoms with Gasteiger partial charge in [-0.15, -0.1) is 0 Å². The molecule has 2 rings (SSSR count). The van der Waals surface area contributed by atoms with Crippen molar-refractivity contribution in [3.63, 3.8) is 0 Å². The van der Waals surface area contributed by atoms with Crippen LogP contribution >= 0.6 is 0 Å². The van der Waals surface area contributed by atoms with Gasteiger partial charge >= 0.3 is 6.03 Å². The van der Waals surface area contributed by atoms with Gasteiger partial charge < -0.3 is 15.5 Å². The Kier molecular flexibility index (Phi) is 6.82. The van der Waals surface area contributed by atoms with E-state index in [9.17, 15) is 4.79 Å². The summed E-state index contributed by atoms with van der Waals surface area (Å²) in [7, 11) is 2.10. The lowest BCUT2D eigenvalue weighted by Gasteiger charge is -2.14. The van der Waals surface area contributed by atoms with Gasteiger partial charge in [-0.25, -0.2) is 4.79 Å². The molecule has 0 saturated heterocycles. The van der Waals surface area contributed by atoms with Crippen molar-refractivity contribution in [2.24, 2.45) is 0 Å². The highest BCUT2D eigenvalue weighted by molar-refractivity contribution is 5.89. The Morgan fingerprint density at radius 1 is 1.00 bits per heavy atom. The van der Waals surface area contributed by atoms with Crippen molar-refractivity contribution in [3.8, 4) is 0 Å². The Morgan fingerprint density at radius 3 is 2.46 bits per heavy atom. The van der Waals surface area contributed by atoms with Crippen molar-refractivity contribution in [1.82, 2.24) is 10.2 Å². The van der Waals surface area contributed by atoms with Crippen LogP contribution in [0, 0.1) is 0 Å². The lowest BCUT2D eigenvalue weighted by atomic mass is 10.1. The summed E-state index contributed by atoms with van der Waals surface area (Å²) in [5, 5.41) is 5.80. The van der Waals surface area contributed by atoms with Crippen LogP contribution in [-0.4, -0.2) is 24.5 Å². The fourth-order valence-corrected chi connectivity index (χ4v) is 2.49. The molecule has 24 heavy (non-hydrogen) atoms. The molecule has 0 aliphatic carbocycles. The topological polar surface area (TPSA) is 44.4 Å². The molecule has 2 N–H and O–H groups in total. The van der Waals surface area contributed by atoms with Crippen LogP contribution < -0.4 is 10.6 Å². The van der Waals surface area contributed by atoms with Crippen LogP contribution in [0.25, 0.3) is 0 Å². The van der Waals surface area contributed by atoms with Gasteiger partial charge in [0, 0.05) is 18.8 Å². The number of hydrogen-bond donors (Lipinski definition) is 2. The van der Waals surface area contributed by atoms with Crippen LogP contribution in [0.4, 0.5) is 10.5 Å². The van der Waals surface area contributed by atoms with Crippen LogP contribution in [0.2, 0.25) is 0 Å². The molecule has 0 unspecified atom stereocenters. The first-order valence-electron chi connectivity index (χ1n) is 8.50. The quantitative estimate of drug-likeness (QED) is 0.807. The van der Waals surface area contributed by atoms with Gasteiger partial charge in [-0.3, -0.25) is 0 Å². The number of nitrogens with one attached hydrogen (secondary N) is 2. The molecular weight excluding hydrogens is 298 g/mol. The number of amides is 2. The minimum absolute atomic E-state index is 0.181. The number of hydrogen-bond acceptors (Lipinski definition) is 2. The largest absolute Gasteiger partial charge is 0.334 e. The van der Waals surface area contributed by atoms with E-state index >= 15 is 0 Å². The molecule has 0 aliphatic heterocycles. The predicted molar refractivity (Wildman–Crippen MR) is 100 cm³/mol. The summed E-state index contributed by atoms with van der Waals surface area (Å²) in [4.78, 5) is 14.3. The van der Waals surface area contributed by atoms with Crippen molar-refractivity contribution >= 4 is 11.7 Å². The summed E-state index contributed by atoms with van der Waals surface area (Å²) >= 11 is 0. The Hall–Kier alpha value is -2.33. The van der Waals surface area contributed by atoms with E-state index in [1.807, 2.05) is 30.3 Å². The van der Waals surface area contributed by atoms with Gasteiger partial charge in [0.15, 0.2) is 0 Å². The summed E-state index contributed by atoms with van der Waals surface area (Å²) in [6.45, 7) is 6.69. The first-order chi connectivity index (χ1) is 11.6. The van der Waals surface area contributed by atoms with Crippen LogP contribution in [0.15, 0.2) is 48.5 Å². The summed E-state index contributed by atoms with van der Waals surface area (Å²) < 4.78 is 0. The van der Waals surface area contributed by atoms with Gasteiger partial charge in [0.05, 0.1) is 0 Å². The van der Waals surface area contributed by atoms with Gasteiger partial charge in [-0.1, -0.05) is 50.2 Å². The number of carbonyl (C=O) groups excluding carboxylic acids is 1. The molecule has 128 valence electrons. The maximum Gasteiger partial charge on any atom is 0.319 e. The molecule has 0 bridgehead atoms. The molecule has 0 aromatic heterocycles. The van der Waals surface area contributed by atoms with Crippen molar-refractivity contribution in [2.45, 2.75) is 33.4 Å². The van der Waals surface area contributed by atoms with Crippen molar-refractivity contribution < 1.29 is 4.79 Å². The fraction of sp³-hybridized carbons (Fsp3) is 0.350. The van der Waals surface area contributed by atoms with E-state index in [4.69, 9.17) is 0 Å². The third kappa shape index (κ3) is 5.70. The summed E-state index contributed by atoms with van der Waals surface area (Å²) in [6.07, 6.45) is 0.955. The van der Waals surface area contributed by atoms with Gasteiger partial charge in [0.25, 0.3) is 0 Å². The lowest BCUT2D eigenvalue weighted by molar-refractivity contribution is 0.251. The average molecular weight is 325 g/mol. The third-order valence-corrected chi connectivity index (χ3v) is 4.03. The zero-order valence-corrected chi connectivity index (χ0v) is 14.8. The fourth-order valence-electron chi connectivity index (χ4n) is 2.49. The van der Waals surface area contributed by atoms with E-state index in [1.54, 1.807) is 0 Å². The molecule has 0 fully saturated rings. The average Bonchev–Trinajstić information content (AvgIpc) is 2.60. The van der Waals surface area contributed by atoms with Crippen LogP contribution in [0.1, 0.15) is 30.5 Å². The second kappa shape index (κ2) is 9.08. The zero-order chi connectivity index (χ0) is 17.4. The Bertz CT molecular complexity index is 669. The molecule has 2 aromatic carbocycles. The van der Waals surface area contributed by atoms with Gasteiger partial charge in [-0.2, -0.15) is 0 Å². The predicted octanol–water partition coefficient (Wildman–Crippen LogP) is 4.02.